The van der Waals surface area contributed by atoms with Gasteiger partial charge in [0, 0.05) is 16.6 Å². The molecule has 1 aromatic heterocycles. The second-order valence-corrected chi connectivity index (χ2v) is 6.41. The number of rotatable bonds is 7. The van der Waals surface area contributed by atoms with Crippen LogP contribution < -0.4 is 0 Å². The Morgan fingerprint density at radius 1 is 1.23 bits per heavy atom. The maximum absolute atomic E-state index is 13.0. The van der Waals surface area contributed by atoms with Gasteiger partial charge in [-0.15, -0.1) is 0 Å². The minimum Gasteiger partial charge on any atom is -0.464 e. The lowest BCUT2D eigenvalue weighted by Crippen LogP contribution is -2.43. The average Bonchev–Trinajstić information content (AvgIpc) is 3.12. The Morgan fingerprint density at radius 3 is 2.38 bits per heavy atom. The smallest absolute Gasteiger partial charge is 0.333 e. The zero-order valence-electron chi connectivity index (χ0n) is 14.7. The summed E-state index contributed by atoms with van der Waals surface area (Å²) in [4.78, 5) is 31.0. The van der Waals surface area contributed by atoms with Crippen molar-refractivity contribution in [2.24, 2.45) is 0 Å². The Balaban J connectivity index is 2.44. The Morgan fingerprint density at radius 2 is 1.88 bits per heavy atom. The van der Waals surface area contributed by atoms with Gasteiger partial charge < -0.3 is 9.64 Å². The quantitative estimate of drug-likeness (QED) is 0.668. The van der Waals surface area contributed by atoms with Crippen LogP contribution in [-0.2, 0) is 14.3 Å². The van der Waals surface area contributed by atoms with Crippen molar-refractivity contribution < 1.29 is 14.3 Å². The second kappa shape index (κ2) is 9.00. The molecule has 1 aromatic carbocycles. The summed E-state index contributed by atoms with van der Waals surface area (Å²) in [5.41, 5.74) is 0.488. The van der Waals surface area contributed by atoms with E-state index in [1.54, 1.807) is 39.0 Å². The highest BCUT2D eigenvalue weighted by Crippen LogP contribution is 2.30. The molecule has 0 aliphatic carbocycles. The molecule has 2 atom stereocenters. The minimum atomic E-state index is -0.963. The molecule has 0 saturated heterocycles. The number of esters is 1. The van der Waals surface area contributed by atoms with E-state index in [1.807, 2.05) is 0 Å². The van der Waals surface area contributed by atoms with Crippen LogP contribution in [0.4, 0.5) is 0 Å². The molecule has 0 radical (unpaired) electrons. The van der Waals surface area contributed by atoms with Gasteiger partial charge in [-0.1, -0.05) is 23.2 Å². The highest BCUT2D eigenvalue weighted by atomic mass is 35.5. The van der Waals surface area contributed by atoms with E-state index in [2.05, 4.69) is 10.1 Å². The summed E-state index contributed by atoms with van der Waals surface area (Å²) in [6.07, 6.45) is 2.80. The van der Waals surface area contributed by atoms with Gasteiger partial charge in [0.2, 0.25) is 5.91 Å². The first kappa shape index (κ1) is 20.2. The molecule has 0 fully saturated rings. The van der Waals surface area contributed by atoms with Crippen molar-refractivity contribution in [1.29, 1.82) is 0 Å². The molecule has 9 heteroatoms. The minimum absolute atomic E-state index is 0.188. The third-order valence-corrected chi connectivity index (χ3v) is 4.27. The maximum atomic E-state index is 13.0. The number of carbonyl (C=O) groups is 2. The first-order chi connectivity index (χ1) is 12.4. The molecule has 7 nitrogen and oxygen atoms in total. The average molecular weight is 399 g/mol. The van der Waals surface area contributed by atoms with Crippen molar-refractivity contribution >= 4 is 35.1 Å². The number of nitrogens with zero attached hydrogens (tertiary/aromatic N) is 4. The van der Waals surface area contributed by atoms with Crippen molar-refractivity contribution in [1.82, 2.24) is 19.7 Å². The first-order valence-corrected chi connectivity index (χ1v) is 8.91. The summed E-state index contributed by atoms with van der Waals surface area (Å²) in [6.45, 7) is 5.65. The van der Waals surface area contributed by atoms with Crippen LogP contribution in [0.3, 0.4) is 0 Å². The molecule has 2 aromatic rings. The summed E-state index contributed by atoms with van der Waals surface area (Å²) in [5.74, 6) is -0.848. The third-order valence-electron chi connectivity index (χ3n) is 3.84. The molecule has 0 unspecified atom stereocenters. The molecule has 0 bridgehead atoms. The molecular formula is C17H20Cl2N4O3. The van der Waals surface area contributed by atoms with Crippen LogP contribution in [0.25, 0.3) is 0 Å². The summed E-state index contributed by atoms with van der Waals surface area (Å²) in [5, 5.41) is 4.74. The predicted molar refractivity (Wildman–Crippen MR) is 98.0 cm³/mol. The Kier molecular flexibility index (Phi) is 6.99. The number of amides is 1. The largest absolute Gasteiger partial charge is 0.464 e. The summed E-state index contributed by atoms with van der Waals surface area (Å²) >= 11 is 12.2. The SMILES string of the molecule is CCOC(=O)[C@H](c1cc(Cl)cc(Cl)c1)N(CC)C(=O)[C@H](C)n1cncn1. The number of aromatic nitrogens is 3. The molecule has 2 rings (SSSR count). The zero-order valence-corrected chi connectivity index (χ0v) is 16.2. The van der Waals surface area contributed by atoms with E-state index in [-0.39, 0.29) is 19.1 Å². The van der Waals surface area contributed by atoms with E-state index in [0.717, 1.165) is 0 Å². The molecule has 0 N–H and O–H groups in total. The van der Waals surface area contributed by atoms with E-state index in [0.29, 0.717) is 15.6 Å². The molecule has 1 heterocycles. The van der Waals surface area contributed by atoms with E-state index in [1.165, 1.54) is 22.2 Å². The van der Waals surface area contributed by atoms with Gasteiger partial charge in [0.05, 0.1) is 6.61 Å². The Labute approximate surface area is 161 Å². The lowest BCUT2D eigenvalue weighted by Gasteiger charge is -2.31. The number of halogens is 2. The van der Waals surface area contributed by atoms with Gasteiger partial charge >= 0.3 is 5.97 Å². The fourth-order valence-electron chi connectivity index (χ4n) is 2.63. The van der Waals surface area contributed by atoms with Gasteiger partial charge in [-0.25, -0.2) is 14.5 Å². The highest BCUT2D eigenvalue weighted by Gasteiger charge is 2.34. The van der Waals surface area contributed by atoms with Gasteiger partial charge in [-0.05, 0) is 44.5 Å². The van der Waals surface area contributed by atoms with Crippen LogP contribution in [0.15, 0.2) is 30.9 Å². The van der Waals surface area contributed by atoms with E-state index in [4.69, 9.17) is 27.9 Å². The first-order valence-electron chi connectivity index (χ1n) is 8.16. The van der Waals surface area contributed by atoms with Gasteiger partial charge in [0.25, 0.3) is 0 Å². The number of hydrogen-bond acceptors (Lipinski definition) is 5. The number of hydrogen-bond donors (Lipinski definition) is 0. The molecular weight excluding hydrogens is 379 g/mol. The van der Waals surface area contributed by atoms with Gasteiger partial charge in [0.15, 0.2) is 6.04 Å². The second-order valence-electron chi connectivity index (χ2n) is 5.53. The summed E-state index contributed by atoms with van der Waals surface area (Å²) < 4.78 is 6.62. The van der Waals surface area contributed by atoms with Crippen LogP contribution in [0.2, 0.25) is 10.0 Å². The van der Waals surface area contributed by atoms with Crippen molar-refractivity contribution in [3.05, 3.63) is 46.5 Å². The fraction of sp³-hybridized carbons (Fsp3) is 0.412. The predicted octanol–water partition coefficient (Wildman–Crippen LogP) is 3.30. The van der Waals surface area contributed by atoms with Crippen LogP contribution in [0.5, 0.6) is 0 Å². The van der Waals surface area contributed by atoms with E-state index < -0.39 is 18.1 Å². The molecule has 140 valence electrons. The van der Waals surface area contributed by atoms with Crippen molar-refractivity contribution in [3.8, 4) is 0 Å². The third kappa shape index (κ3) is 4.53. The van der Waals surface area contributed by atoms with Crippen LogP contribution in [0, 0.1) is 0 Å². The molecule has 26 heavy (non-hydrogen) atoms. The van der Waals surface area contributed by atoms with Gasteiger partial charge in [0.1, 0.15) is 18.7 Å². The molecule has 0 aliphatic heterocycles. The van der Waals surface area contributed by atoms with Gasteiger partial charge in [-0.2, -0.15) is 5.10 Å². The summed E-state index contributed by atoms with van der Waals surface area (Å²) in [7, 11) is 0. The van der Waals surface area contributed by atoms with E-state index in [9.17, 15) is 9.59 Å². The zero-order chi connectivity index (χ0) is 19.3. The number of likely N-dealkylation sites (N-methyl/N-ethyl adjacent to an activating group) is 1. The van der Waals surface area contributed by atoms with Crippen LogP contribution in [0.1, 0.15) is 38.4 Å². The van der Waals surface area contributed by atoms with Crippen molar-refractivity contribution in [2.75, 3.05) is 13.2 Å². The van der Waals surface area contributed by atoms with Gasteiger partial charge in [-0.3, -0.25) is 4.79 Å². The Hall–Kier alpha value is -2.12. The van der Waals surface area contributed by atoms with Crippen LogP contribution in [-0.4, -0.2) is 44.7 Å². The van der Waals surface area contributed by atoms with Crippen molar-refractivity contribution in [2.45, 2.75) is 32.9 Å². The molecule has 1 amide bonds. The lowest BCUT2D eigenvalue weighted by atomic mass is 10.0. The lowest BCUT2D eigenvalue weighted by molar-refractivity contribution is -0.156. The van der Waals surface area contributed by atoms with Crippen molar-refractivity contribution in [3.63, 3.8) is 0 Å². The molecule has 0 aliphatic rings. The molecule has 0 saturated carbocycles. The summed E-state index contributed by atoms with van der Waals surface area (Å²) in [6, 6.07) is 3.17. The monoisotopic (exact) mass is 398 g/mol. The number of carbonyl (C=O) groups excluding carboxylic acids is 2. The fourth-order valence-corrected chi connectivity index (χ4v) is 3.18. The normalized spacial score (nSPS) is 13.1. The van der Waals surface area contributed by atoms with Crippen LogP contribution >= 0.6 is 23.2 Å². The maximum Gasteiger partial charge on any atom is 0.333 e. The number of benzene rings is 1. The standard InChI is InChI=1S/C17H20Cl2N4O3/c1-4-22(16(24)11(3)23-10-20-9-21-23)15(17(25)26-5-2)12-6-13(18)8-14(19)7-12/h6-11,15H,4-5H2,1-3H3/t11-,15-/m0/s1. The topological polar surface area (TPSA) is 77.3 Å². The van der Waals surface area contributed by atoms with E-state index >= 15 is 0 Å². The highest BCUT2D eigenvalue weighted by molar-refractivity contribution is 6.34. The molecule has 0 spiro atoms. The Bertz CT molecular complexity index is 747. The number of ether oxygens (including phenoxy) is 1.